The topological polar surface area (TPSA) is 106 Å². The number of aromatic nitrogens is 1. The summed E-state index contributed by atoms with van der Waals surface area (Å²) in [6.45, 7) is 1.99. The lowest BCUT2D eigenvalue weighted by Crippen LogP contribution is -2.50. The fourth-order valence-corrected chi connectivity index (χ4v) is 5.58. The molecular formula is C24H32N4O5. The summed E-state index contributed by atoms with van der Waals surface area (Å²) in [5.41, 5.74) is -0.0913. The first kappa shape index (κ1) is 23.2. The predicted octanol–water partition coefficient (Wildman–Crippen LogP) is 2.33. The number of aliphatic hydroxyl groups excluding tert-OH is 1. The first-order valence-corrected chi connectivity index (χ1v) is 11.6. The van der Waals surface area contributed by atoms with E-state index >= 15 is 0 Å². The number of amides is 2. The number of piperidine rings is 1. The third kappa shape index (κ3) is 4.44. The van der Waals surface area contributed by atoms with Crippen LogP contribution < -0.4 is 14.5 Å². The van der Waals surface area contributed by atoms with Crippen molar-refractivity contribution in [2.45, 2.75) is 57.1 Å². The number of rotatable bonds is 5. The molecule has 2 N–H and O–H groups in total. The quantitative estimate of drug-likeness (QED) is 0.655. The molecule has 2 amide bonds. The molecule has 33 heavy (non-hydrogen) atoms. The van der Waals surface area contributed by atoms with Crippen LogP contribution in [0.1, 0.15) is 44.9 Å². The molecule has 3 fully saturated rings. The van der Waals surface area contributed by atoms with Crippen molar-refractivity contribution in [3.63, 3.8) is 0 Å². The first-order chi connectivity index (χ1) is 15.9. The van der Waals surface area contributed by atoms with Gasteiger partial charge in [0.2, 0.25) is 5.91 Å². The number of aliphatic hydroxyl groups is 1. The van der Waals surface area contributed by atoms with Crippen molar-refractivity contribution in [2.75, 3.05) is 43.1 Å². The van der Waals surface area contributed by atoms with Gasteiger partial charge in [-0.05, 0) is 44.9 Å². The number of methoxy groups -OCH3 is 1. The highest BCUT2D eigenvalue weighted by Gasteiger charge is 2.51. The van der Waals surface area contributed by atoms with Gasteiger partial charge < -0.3 is 24.7 Å². The van der Waals surface area contributed by atoms with Gasteiger partial charge in [0.1, 0.15) is 0 Å². The molecule has 3 aliphatic rings. The molecule has 0 radical (unpaired) electrons. The maximum absolute atomic E-state index is 13.6. The van der Waals surface area contributed by atoms with Crippen LogP contribution in [0.3, 0.4) is 0 Å². The van der Waals surface area contributed by atoms with E-state index in [1.807, 2.05) is 4.90 Å². The number of anilines is 2. The molecule has 9 heteroatoms. The second-order valence-corrected chi connectivity index (χ2v) is 9.31. The van der Waals surface area contributed by atoms with Crippen LogP contribution >= 0.6 is 0 Å². The summed E-state index contributed by atoms with van der Waals surface area (Å²) >= 11 is 0. The van der Waals surface area contributed by atoms with Gasteiger partial charge in [0, 0.05) is 31.7 Å². The Balaban J connectivity index is 1.53. The molecule has 9 nitrogen and oxygen atoms in total. The Morgan fingerprint density at radius 3 is 2.76 bits per heavy atom. The van der Waals surface area contributed by atoms with Crippen LogP contribution in [0, 0.1) is 17.8 Å². The molecular weight excluding hydrogens is 424 g/mol. The first-order valence-electron chi connectivity index (χ1n) is 11.6. The van der Waals surface area contributed by atoms with Crippen LogP contribution in [0.2, 0.25) is 0 Å². The molecule has 178 valence electrons. The summed E-state index contributed by atoms with van der Waals surface area (Å²) in [6.07, 6.45) is 11.2. The van der Waals surface area contributed by atoms with Crippen molar-refractivity contribution in [3.8, 4) is 18.1 Å². The number of carbonyl (C=O) groups excluding carboxylic acids is 1. The normalized spacial score (nSPS) is 27.5. The van der Waals surface area contributed by atoms with Crippen molar-refractivity contribution in [1.82, 2.24) is 9.88 Å². The lowest BCUT2D eigenvalue weighted by Gasteiger charge is -2.41. The number of hydrogen-bond donors (Lipinski definition) is 2. The number of nitrogens with zero attached hydrogens (tertiary/aromatic N) is 4. The highest BCUT2D eigenvalue weighted by Crippen LogP contribution is 2.44. The minimum absolute atomic E-state index is 0.0884. The molecule has 1 aromatic heterocycles. The number of likely N-dealkylation sites (tertiary alicyclic amines) is 1. The predicted molar refractivity (Wildman–Crippen MR) is 123 cm³/mol. The molecule has 0 unspecified atom stereocenters. The van der Waals surface area contributed by atoms with E-state index in [9.17, 15) is 19.8 Å². The van der Waals surface area contributed by atoms with Gasteiger partial charge in [-0.3, -0.25) is 9.69 Å². The molecule has 2 aliphatic heterocycles. The van der Waals surface area contributed by atoms with Gasteiger partial charge in [-0.1, -0.05) is 5.92 Å². The minimum Gasteiger partial charge on any atom is -0.493 e. The van der Waals surface area contributed by atoms with Gasteiger partial charge >= 0.3 is 6.09 Å². The lowest BCUT2D eigenvalue weighted by molar-refractivity contribution is -0.139. The molecule has 1 saturated carbocycles. The maximum atomic E-state index is 13.6. The number of carbonyl (C=O) groups is 2. The van der Waals surface area contributed by atoms with E-state index in [1.54, 1.807) is 6.07 Å². The average molecular weight is 457 g/mol. The summed E-state index contributed by atoms with van der Waals surface area (Å²) in [5, 5.41) is 19.3. The third-order valence-electron chi connectivity index (χ3n) is 7.36. The van der Waals surface area contributed by atoms with Gasteiger partial charge in [0.05, 0.1) is 37.1 Å². The Hall–Kier alpha value is -2.99. The number of carboxylic acid groups (broad SMARTS) is 1. The van der Waals surface area contributed by atoms with Gasteiger partial charge in [-0.2, -0.15) is 0 Å². The second kappa shape index (κ2) is 9.48. The molecule has 3 heterocycles. The van der Waals surface area contributed by atoms with E-state index in [0.717, 1.165) is 62.9 Å². The van der Waals surface area contributed by atoms with Crippen LogP contribution in [-0.4, -0.2) is 77.5 Å². The maximum Gasteiger partial charge on any atom is 0.412 e. The van der Waals surface area contributed by atoms with Crippen LogP contribution in [0.5, 0.6) is 5.75 Å². The van der Waals surface area contributed by atoms with Crippen molar-refractivity contribution < 1.29 is 24.5 Å². The Bertz CT molecular complexity index is 939. The van der Waals surface area contributed by atoms with Gasteiger partial charge in [0.25, 0.3) is 0 Å². The molecule has 2 saturated heterocycles. The number of ether oxygens (including phenoxy) is 1. The molecule has 1 aliphatic carbocycles. The molecule has 1 atom stereocenters. The smallest absolute Gasteiger partial charge is 0.412 e. The summed E-state index contributed by atoms with van der Waals surface area (Å²) in [7, 11) is 1.52. The molecule has 4 rings (SSSR count). The molecule has 1 spiro atoms. The van der Waals surface area contributed by atoms with E-state index < -0.39 is 11.5 Å². The molecule has 1 aromatic rings. The van der Waals surface area contributed by atoms with Crippen LogP contribution in [0.15, 0.2) is 12.3 Å². The minimum atomic E-state index is -1.16. The van der Waals surface area contributed by atoms with E-state index in [1.165, 1.54) is 13.3 Å². The standard InChI is InChI=1S/C24H32N4O5/c1-3-11-28(23(31)32)18-14-20(33-2)21(25-15-18)26-12-4-9-24(16-26)10-13-27(22(24)30)17-5-7-19(29)8-6-17/h1,14-15,17,19,29H,4-13,16H2,2H3,(H,31,32)/t17?,19?,24-/m1/s1. The SMILES string of the molecule is C#CCN(C(=O)O)c1cnc(N2CCC[C@@]3(CCN(C4CCC(O)CC4)C3=O)C2)c(OC)c1. The van der Waals surface area contributed by atoms with Gasteiger partial charge in [-0.15, -0.1) is 6.42 Å². The zero-order valence-corrected chi connectivity index (χ0v) is 19.1. The average Bonchev–Trinajstić information content (AvgIpc) is 3.12. The second-order valence-electron chi connectivity index (χ2n) is 9.31. The van der Waals surface area contributed by atoms with Crippen molar-refractivity contribution in [3.05, 3.63) is 12.3 Å². The van der Waals surface area contributed by atoms with E-state index in [-0.39, 0.29) is 24.6 Å². The van der Waals surface area contributed by atoms with E-state index in [2.05, 4.69) is 15.8 Å². The summed E-state index contributed by atoms with van der Waals surface area (Å²) in [6, 6.07) is 1.85. The van der Waals surface area contributed by atoms with Crippen LogP contribution in [-0.2, 0) is 4.79 Å². The molecule has 0 bridgehead atoms. The monoisotopic (exact) mass is 456 g/mol. The summed E-state index contributed by atoms with van der Waals surface area (Å²) in [5.74, 6) is 3.63. The van der Waals surface area contributed by atoms with Crippen LogP contribution in [0.4, 0.5) is 16.3 Å². The van der Waals surface area contributed by atoms with Crippen LogP contribution in [0.25, 0.3) is 0 Å². The highest BCUT2D eigenvalue weighted by atomic mass is 16.5. The summed E-state index contributed by atoms with van der Waals surface area (Å²) < 4.78 is 5.56. The molecule has 0 aromatic carbocycles. The van der Waals surface area contributed by atoms with Crippen molar-refractivity contribution in [1.29, 1.82) is 0 Å². The Labute approximate surface area is 194 Å². The number of terminal acetylenes is 1. The Kier molecular flexibility index (Phi) is 6.66. The number of pyridine rings is 1. The fraction of sp³-hybridized carbons (Fsp3) is 0.625. The van der Waals surface area contributed by atoms with Gasteiger partial charge in [0.15, 0.2) is 11.6 Å². The van der Waals surface area contributed by atoms with E-state index in [4.69, 9.17) is 11.2 Å². The third-order valence-corrected chi connectivity index (χ3v) is 7.36. The van der Waals surface area contributed by atoms with Crippen molar-refractivity contribution >= 4 is 23.5 Å². The largest absolute Gasteiger partial charge is 0.493 e. The van der Waals surface area contributed by atoms with Gasteiger partial charge in [-0.25, -0.2) is 9.78 Å². The lowest BCUT2D eigenvalue weighted by atomic mass is 9.78. The Morgan fingerprint density at radius 1 is 1.33 bits per heavy atom. The summed E-state index contributed by atoms with van der Waals surface area (Å²) in [4.78, 5) is 34.8. The number of hydrogen-bond acceptors (Lipinski definition) is 6. The van der Waals surface area contributed by atoms with Crippen molar-refractivity contribution in [2.24, 2.45) is 5.41 Å². The fourth-order valence-electron chi connectivity index (χ4n) is 5.58. The highest BCUT2D eigenvalue weighted by molar-refractivity contribution is 5.88. The Morgan fingerprint density at radius 2 is 2.09 bits per heavy atom. The zero-order chi connectivity index (χ0) is 23.6. The zero-order valence-electron chi connectivity index (χ0n) is 19.1. The van der Waals surface area contributed by atoms with E-state index in [0.29, 0.717) is 23.8 Å².